The van der Waals surface area contributed by atoms with E-state index in [2.05, 4.69) is 15.1 Å². The molecule has 0 saturated heterocycles. The summed E-state index contributed by atoms with van der Waals surface area (Å²) in [7, 11) is 1.66. The van der Waals surface area contributed by atoms with Crippen molar-refractivity contribution in [1.29, 1.82) is 0 Å². The van der Waals surface area contributed by atoms with Gasteiger partial charge in [0.2, 0.25) is 0 Å². The van der Waals surface area contributed by atoms with Crippen LogP contribution in [0.1, 0.15) is 0 Å². The van der Waals surface area contributed by atoms with Crippen LogP contribution in [-0.4, -0.2) is 38.0 Å². The van der Waals surface area contributed by atoms with E-state index in [9.17, 15) is 4.79 Å². The highest BCUT2D eigenvalue weighted by Gasteiger charge is 2.16. The summed E-state index contributed by atoms with van der Waals surface area (Å²) in [6.07, 6.45) is 7.03. The molecule has 0 aliphatic rings. The molecule has 0 spiro atoms. The van der Waals surface area contributed by atoms with E-state index >= 15 is 0 Å². The van der Waals surface area contributed by atoms with Crippen molar-refractivity contribution in [3.8, 4) is 16.8 Å². The van der Waals surface area contributed by atoms with Gasteiger partial charge in [0.1, 0.15) is 0 Å². The molecule has 7 heteroatoms. The van der Waals surface area contributed by atoms with Crippen LogP contribution in [0.2, 0.25) is 0 Å². The molecule has 0 aliphatic heterocycles. The number of para-hydroxylation sites is 1. The van der Waals surface area contributed by atoms with Gasteiger partial charge in [-0.05, 0) is 12.1 Å². The first-order valence-electron chi connectivity index (χ1n) is 7.94. The summed E-state index contributed by atoms with van der Waals surface area (Å²) in [5.41, 5.74) is 3.07. The number of benzene rings is 1. The quantitative estimate of drug-likeness (QED) is 0.607. The van der Waals surface area contributed by atoms with Crippen molar-refractivity contribution in [1.82, 2.24) is 24.3 Å². The topological polar surface area (TPSA) is 77.7 Å². The molecule has 126 valence electrons. The standard InChI is InChI=1S/C18H17N5O2/c1-25-8-7-22-10-13(9-21-22)15-11-23(14-5-3-2-4-6-14)17-16(15)18(24)20-12-19-17/h2-6,9-12H,7-8H2,1H3,(H,19,20,24). The van der Waals surface area contributed by atoms with Gasteiger partial charge in [-0.3, -0.25) is 9.48 Å². The van der Waals surface area contributed by atoms with Crippen LogP contribution >= 0.6 is 0 Å². The van der Waals surface area contributed by atoms with Gasteiger partial charge in [-0.15, -0.1) is 0 Å². The molecule has 0 radical (unpaired) electrons. The predicted octanol–water partition coefficient (Wildman–Crippen LogP) is 2.22. The second-order valence-electron chi connectivity index (χ2n) is 5.66. The maximum Gasteiger partial charge on any atom is 0.260 e. The molecule has 0 aliphatic carbocycles. The molecule has 1 aromatic carbocycles. The monoisotopic (exact) mass is 335 g/mol. The van der Waals surface area contributed by atoms with Crippen LogP contribution < -0.4 is 5.56 Å². The number of H-pyrrole nitrogens is 1. The molecule has 0 amide bonds. The lowest BCUT2D eigenvalue weighted by Gasteiger charge is -2.02. The highest BCUT2D eigenvalue weighted by molar-refractivity contribution is 5.94. The fraction of sp³-hybridized carbons (Fsp3) is 0.167. The van der Waals surface area contributed by atoms with E-state index < -0.39 is 0 Å². The first-order valence-corrected chi connectivity index (χ1v) is 7.94. The van der Waals surface area contributed by atoms with Crippen molar-refractivity contribution in [3.63, 3.8) is 0 Å². The molecule has 3 aromatic heterocycles. The van der Waals surface area contributed by atoms with E-state index in [1.165, 1.54) is 6.33 Å². The average molecular weight is 335 g/mol. The summed E-state index contributed by atoms with van der Waals surface area (Å²) in [4.78, 5) is 19.5. The number of aromatic amines is 1. The number of hydrogen-bond donors (Lipinski definition) is 1. The van der Waals surface area contributed by atoms with Crippen molar-refractivity contribution in [2.24, 2.45) is 0 Å². The Morgan fingerprint density at radius 1 is 1.20 bits per heavy atom. The Balaban J connectivity index is 1.90. The van der Waals surface area contributed by atoms with Gasteiger partial charge in [0.25, 0.3) is 5.56 Å². The zero-order valence-corrected chi connectivity index (χ0v) is 13.7. The van der Waals surface area contributed by atoms with Gasteiger partial charge in [0.05, 0.1) is 31.1 Å². The molecule has 7 nitrogen and oxygen atoms in total. The minimum absolute atomic E-state index is 0.167. The van der Waals surface area contributed by atoms with E-state index in [1.54, 1.807) is 18.0 Å². The smallest absolute Gasteiger partial charge is 0.260 e. The number of rotatable bonds is 5. The SMILES string of the molecule is COCCn1cc(-c2cn(-c3ccccc3)c3nc[nH]c(=O)c23)cn1. The highest BCUT2D eigenvalue weighted by atomic mass is 16.5. The Labute approximate surface area is 143 Å². The molecule has 0 atom stereocenters. The summed E-state index contributed by atoms with van der Waals surface area (Å²) < 4.78 is 8.81. The second-order valence-corrected chi connectivity index (χ2v) is 5.66. The van der Waals surface area contributed by atoms with Crippen LogP contribution in [0.25, 0.3) is 27.8 Å². The van der Waals surface area contributed by atoms with Gasteiger partial charge in [-0.2, -0.15) is 5.10 Å². The zero-order chi connectivity index (χ0) is 17.2. The number of aromatic nitrogens is 5. The van der Waals surface area contributed by atoms with Crippen LogP contribution in [-0.2, 0) is 11.3 Å². The van der Waals surface area contributed by atoms with Crippen LogP contribution in [0.4, 0.5) is 0 Å². The largest absolute Gasteiger partial charge is 0.383 e. The minimum atomic E-state index is -0.167. The van der Waals surface area contributed by atoms with E-state index in [0.29, 0.717) is 24.2 Å². The van der Waals surface area contributed by atoms with Crippen LogP contribution in [0.5, 0.6) is 0 Å². The molecule has 4 aromatic rings. The van der Waals surface area contributed by atoms with Gasteiger partial charge in [-0.1, -0.05) is 18.2 Å². The number of nitrogens with zero attached hydrogens (tertiary/aromatic N) is 4. The average Bonchev–Trinajstić information content (AvgIpc) is 3.26. The van der Waals surface area contributed by atoms with Gasteiger partial charge in [-0.25, -0.2) is 4.98 Å². The van der Waals surface area contributed by atoms with Crippen LogP contribution in [0, 0.1) is 0 Å². The summed E-state index contributed by atoms with van der Waals surface area (Å²) in [6.45, 7) is 1.23. The summed E-state index contributed by atoms with van der Waals surface area (Å²) in [6, 6.07) is 9.83. The maximum atomic E-state index is 12.4. The van der Waals surface area contributed by atoms with E-state index in [4.69, 9.17) is 4.74 Å². The number of ether oxygens (including phenoxy) is 1. The number of nitrogens with one attached hydrogen (secondary N) is 1. The molecular formula is C18H17N5O2. The van der Waals surface area contributed by atoms with Crippen LogP contribution in [0.15, 0.2) is 60.0 Å². The molecule has 3 heterocycles. The van der Waals surface area contributed by atoms with E-state index in [-0.39, 0.29) is 5.56 Å². The second kappa shape index (κ2) is 6.37. The predicted molar refractivity (Wildman–Crippen MR) is 94.8 cm³/mol. The third-order valence-corrected chi connectivity index (χ3v) is 4.09. The number of hydrogen-bond acceptors (Lipinski definition) is 4. The van der Waals surface area contributed by atoms with Crippen molar-refractivity contribution in [3.05, 3.63) is 65.6 Å². The van der Waals surface area contributed by atoms with Crippen molar-refractivity contribution in [2.45, 2.75) is 6.54 Å². The fourth-order valence-corrected chi connectivity index (χ4v) is 2.88. The molecule has 0 saturated carbocycles. The summed E-state index contributed by atoms with van der Waals surface area (Å²) in [5.74, 6) is 0. The van der Waals surface area contributed by atoms with Crippen molar-refractivity contribution >= 4 is 11.0 Å². The minimum Gasteiger partial charge on any atom is -0.383 e. The Morgan fingerprint density at radius 3 is 2.84 bits per heavy atom. The first kappa shape index (κ1) is 15.3. The lowest BCUT2D eigenvalue weighted by Crippen LogP contribution is -2.07. The Kier molecular flexibility index (Phi) is 3.91. The van der Waals surface area contributed by atoms with Crippen molar-refractivity contribution in [2.75, 3.05) is 13.7 Å². The lowest BCUT2D eigenvalue weighted by molar-refractivity contribution is 0.183. The third-order valence-electron chi connectivity index (χ3n) is 4.09. The molecule has 25 heavy (non-hydrogen) atoms. The van der Waals surface area contributed by atoms with Gasteiger partial charge in [0.15, 0.2) is 5.65 Å². The Hall–Kier alpha value is -3.19. The van der Waals surface area contributed by atoms with E-state index in [1.807, 2.05) is 47.3 Å². The van der Waals surface area contributed by atoms with Gasteiger partial charge >= 0.3 is 0 Å². The Morgan fingerprint density at radius 2 is 2.04 bits per heavy atom. The first-order chi connectivity index (χ1) is 12.3. The van der Waals surface area contributed by atoms with Crippen LogP contribution in [0.3, 0.4) is 0 Å². The van der Waals surface area contributed by atoms with Crippen molar-refractivity contribution < 1.29 is 4.74 Å². The molecule has 0 bridgehead atoms. The number of methoxy groups -OCH3 is 1. The molecule has 0 unspecified atom stereocenters. The molecule has 1 N–H and O–H groups in total. The maximum absolute atomic E-state index is 12.4. The zero-order valence-electron chi connectivity index (χ0n) is 13.7. The Bertz CT molecular complexity index is 1060. The van der Waals surface area contributed by atoms with Gasteiger partial charge < -0.3 is 14.3 Å². The van der Waals surface area contributed by atoms with Gasteiger partial charge in [0, 0.05) is 36.3 Å². The molecular weight excluding hydrogens is 318 g/mol. The summed E-state index contributed by atoms with van der Waals surface area (Å²) >= 11 is 0. The third kappa shape index (κ3) is 2.74. The van der Waals surface area contributed by atoms with E-state index in [0.717, 1.165) is 16.8 Å². The highest BCUT2D eigenvalue weighted by Crippen LogP contribution is 2.29. The molecule has 4 rings (SSSR count). The normalized spacial score (nSPS) is 11.2. The lowest BCUT2D eigenvalue weighted by atomic mass is 10.1. The molecule has 0 fully saturated rings. The summed E-state index contributed by atoms with van der Waals surface area (Å²) in [5, 5.41) is 4.90. The fourth-order valence-electron chi connectivity index (χ4n) is 2.88. The number of fused-ring (bicyclic) bond motifs is 1.